The van der Waals surface area contributed by atoms with Gasteiger partial charge in [-0.05, 0) is 43.7 Å². The summed E-state index contributed by atoms with van der Waals surface area (Å²) >= 11 is 0. The molecule has 21 heavy (non-hydrogen) atoms. The molecule has 1 aromatic rings. The Labute approximate surface area is 124 Å². The zero-order valence-electron chi connectivity index (χ0n) is 12.3. The second-order valence-corrected chi connectivity index (χ2v) is 5.57. The second kappa shape index (κ2) is 7.20. The van der Waals surface area contributed by atoms with Crippen molar-refractivity contribution in [3.63, 3.8) is 0 Å². The van der Waals surface area contributed by atoms with Crippen LogP contribution in [-0.2, 0) is 22.6 Å². The molecular weight excluding hydrogens is 268 g/mol. The molecule has 0 atom stereocenters. The number of rotatable bonds is 5. The third-order valence-corrected chi connectivity index (χ3v) is 4.24. The Morgan fingerprint density at radius 3 is 2.57 bits per heavy atom. The van der Waals surface area contributed by atoms with E-state index in [2.05, 4.69) is 17.2 Å². The van der Waals surface area contributed by atoms with Gasteiger partial charge in [0.2, 0.25) is 5.91 Å². The SMILES string of the molecule is CCc1cccnc1CNC(=O)C1CCC(C(=O)O)CC1. The van der Waals surface area contributed by atoms with Gasteiger partial charge in [0.1, 0.15) is 0 Å². The minimum Gasteiger partial charge on any atom is -0.481 e. The second-order valence-electron chi connectivity index (χ2n) is 5.57. The lowest BCUT2D eigenvalue weighted by Gasteiger charge is -2.25. The van der Waals surface area contributed by atoms with Gasteiger partial charge in [-0.1, -0.05) is 13.0 Å². The number of carbonyl (C=O) groups is 2. The van der Waals surface area contributed by atoms with Crippen LogP contribution < -0.4 is 5.32 Å². The average Bonchev–Trinajstić information content (AvgIpc) is 2.52. The average molecular weight is 290 g/mol. The number of amides is 1. The van der Waals surface area contributed by atoms with Crippen molar-refractivity contribution in [2.45, 2.75) is 45.6 Å². The predicted molar refractivity (Wildman–Crippen MR) is 78.5 cm³/mol. The van der Waals surface area contributed by atoms with E-state index in [0.717, 1.165) is 17.7 Å². The standard InChI is InChI=1S/C16H22N2O3/c1-2-11-4-3-9-17-14(11)10-18-15(19)12-5-7-13(8-6-12)16(20)21/h3-4,9,12-13H,2,5-8,10H2,1H3,(H,18,19)(H,20,21). The summed E-state index contributed by atoms with van der Waals surface area (Å²) in [5.74, 6) is -1.06. The summed E-state index contributed by atoms with van der Waals surface area (Å²) in [4.78, 5) is 27.4. The van der Waals surface area contributed by atoms with Gasteiger partial charge in [0.05, 0.1) is 18.2 Å². The van der Waals surface area contributed by atoms with Crippen molar-refractivity contribution in [3.8, 4) is 0 Å². The Kier molecular flexibility index (Phi) is 5.31. The molecular formula is C16H22N2O3. The number of carbonyl (C=O) groups excluding carboxylic acids is 1. The Morgan fingerprint density at radius 2 is 1.95 bits per heavy atom. The third kappa shape index (κ3) is 4.03. The summed E-state index contributed by atoms with van der Waals surface area (Å²) < 4.78 is 0. The maximum atomic E-state index is 12.2. The molecule has 0 aromatic carbocycles. The molecule has 0 radical (unpaired) electrons. The van der Waals surface area contributed by atoms with Crippen LogP contribution >= 0.6 is 0 Å². The third-order valence-electron chi connectivity index (χ3n) is 4.24. The van der Waals surface area contributed by atoms with Crippen LogP contribution in [0.4, 0.5) is 0 Å². The number of aromatic nitrogens is 1. The van der Waals surface area contributed by atoms with Gasteiger partial charge < -0.3 is 10.4 Å². The highest BCUT2D eigenvalue weighted by atomic mass is 16.4. The van der Waals surface area contributed by atoms with Crippen molar-refractivity contribution in [1.29, 1.82) is 0 Å². The molecule has 1 aliphatic carbocycles. The quantitative estimate of drug-likeness (QED) is 0.871. The lowest BCUT2D eigenvalue weighted by Crippen LogP contribution is -2.34. The molecule has 1 aliphatic rings. The number of nitrogens with zero attached hydrogens (tertiary/aromatic N) is 1. The molecule has 5 nitrogen and oxygen atoms in total. The molecule has 1 saturated carbocycles. The highest BCUT2D eigenvalue weighted by molar-refractivity contribution is 5.79. The summed E-state index contributed by atoms with van der Waals surface area (Å²) in [6.07, 6.45) is 5.13. The summed E-state index contributed by atoms with van der Waals surface area (Å²) in [5.41, 5.74) is 2.06. The molecule has 2 rings (SSSR count). The van der Waals surface area contributed by atoms with Gasteiger partial charge in [-0.25, -0.2) is 0 Å². The molecule has 1 fully saturated rings. The number of nitrogens with one attached hydrogen (secondary N) is 1. The Morgan fingerprint density at radius 1 is 1.29 bits per heavy atom. The topological polar surface area (TPSA) is 79.3 Å². The number of aliphatic carboxylic acids is 1. The van der Waals surface area contributed by atoms with Gasteiger partial charge in [0.25, 0.3) is 0 Å². The number of hydrogen-bond acceptors (Lipinski definition) is 3. The summed E-state index contributed by atoms with van der Waals surface area (Å²) in [6, 6.07) is 3.92. The van der Waals surface area contributed by atoms with Crippen LogP contribution in [0.3, 0.4) is 0 Å². The number of carboxylic acids is 1. The highest BCUT2D eigenvalue weighted by Gasteiger charge is 2.29. The first-order chi connectivity index (χ1) is 10.1. The van der Waals surface area contributed by atoms with Crippen molar-refractivity contribution in [2.75, 3.05) is 0 Å². The van der Waals surface area contributed by atoms with E-state index in [1.54, 1.807) is 6.20 Å². The van der Waals surface area contributed by atoms with Crippen molar-refractivity contribution in [3.05, 3.63) is 29.6 Å². The fourth-order valence-corrected chi connectivity index (χ4v) is 2.87. The molecule has 0 aliphatic heterocycles. The predicted octanol–water partition coefficient (Wildman–Crippen LogP) is 2.15. The van der Waals surface area contributed by atoms with Gasteiger partial charge in [-0.2, -0.15) is 0 Å². The number of pyridine rings is 1. The first-order valence-corrected chi connectivity index (χ1v) is 7.55. The molecule has 1 aromatic heterocycles. The van der Waals surface area contributed by atoms with E-state index in [0.29, 0.717) is 32.2 Å². The van der Waals surface area contributed by atoms with Crippen LogP contribution in [0.25, 0.3) is 0 Å². The Bertz CT molecular complexity index is 508. The van der Waals surface area contributed by atoms with Crippen LogP contribution in [0, 0.1) is 11.8 Å². The van der Waals surface area contributed by atoms with E-state index in [9.17, 15) is 9.59 Å². The Hall–Kier alpha value is -1.91. The summed E-state index contributed by atoms with van der Waals surface area (Å²) in [7, 11) is 0. The van der Waals surface area contributed by atoms with E-state index in [1.807, 2.05) is 12.1 Å². The largest absolute Gasteiger partial charge is 0.481 e. The zero-order chi connectivity index (χ0) is 15.2. The molecule has 0 unspecified atom stereocenters. The smallest absolute Gasteiger partial charge is 0.306 e. The molecule has 1 heterocycles. The minimum atomic E-state index is -0.741. The van der Waals surface area contributed by atoms with Crippen molar-refractivity contribution in [1.82, 2.24) is 10.3 Å². The maximum Gasteiger partial charge on any atom is 0.306 e. The zero-order valence-corrected chi connectivity index (χ0v) is 12.3. The lowest BCUT2D eigenvalue weighted by molar-refractivity contribution is -0.144. The normalized spacial score (nSPS) is 21.8. The van der Waals surface area contributed by atoms with E-state index >= 15 is 0 Å². The summed E-state index contributed by atoms with van der Waals surface area (Å²) in [5, 5.41) is 11.9. The van der Waals surface area contributed by atoms with Crippen molar-refractivity contribution < 1.29 is 14.7 Å². The van der Waals surface area contributed by atoms with E-state index in [1.165, 1.54) is 0 Å². The van der Waals surface area contributed by atoms with Crippen LogP contribution in [0.15, 0.2) is 18.3 Å². The molecule has 5 heteroatoms. The van der Waals surface area contributed by atoms with Gasteiger partial charge in [0, 0.05) is 12.1 Å². The van der Waals surface area contributed by atoms with Gasteiger partial charge in [-0.15, -0.1) is 0 Å². The molecule has 0 saturated heterocycles. The van der Waals surface area contributed by atoms with E-state index in [4.69, 9.17) is 5.11 Å². The van der Waals surface area contributed by atoms with Crippen molar-refractivity contribution in [2.24, 2.45) is 11.8 Å². The van der Waals surface area contributed by atoms with Crippen LogP contribution in [-0.4, -0.2) is 22.0 Å². The minimum absolute atomic E-state index is 0.0199. The van der Waals surface area contributed by atoms with Gasteiger partial charge in [0.15, 0.2) is 0 Å². The van der Waals surface area contributed by atoms with E-state index in [-0.39, 0.29) is 17.7 Å². The number of hydrogen-bond donors (Lipinski definition) is 2. The fraction of sp³-hybridized carbons (Fsp3) is 0.562. The molecule has 0 bridgehead atoms. The Balaban J connectivity index is 1.84. The van der Waals surface area contributed by atoms with Crippen LogP contribution in [0.1, 0.15) is 43.9 Å². The molecule has 2 N–H and O–H groups in total. The fourth-order valence-electron chi connectivity index (χ4n) is 2.87. The van der Waals surface area contributed by atoms with Crippen LogP contribution in [0.5, 0.6) is 0 Å². The maximum absolute atomic E-state index is 12.2. The molecule has 1 amide bonds. The lowest BCUT2D eigenvalue weighted by atomic mass is 9.81. The van der Waals surface area contributed by atoms with Crippen LogP contribution in [0.2, 0.25) is 0 Å². The number of carboxylic acid groups (broad SMARTS) is 1. The first-order valence-electron chi connectivity index (χ1n) is 7.55. The molecule has 0 spiro atoms. The highest BCUT2D eigenvalue weighted by Crippen LogP contribution is 2.29. The van der Waals surface area contributed by atoms with Crippen molar-refractivity contribution >= 4 is 11.9 Å². The molecule has 114 valence electrons. The summed E-state index contributed by atoms with van der Waals surface area (Å²) in [6.45, 7) is 2.51. The first kappa shape index (κ1) is 15.5. The van der Waals surface area contributed by atoms with Gasteiger partial charge >= 0.3 is 5.97 Å². The van der Waals surface area contributed by atoms with E-state index < -0.39 is 5.97 Å². The van der Waals surface area contributed by atoms with Gasteiger partial charge in [-0.3, -0.25) is 14.6 Å². The number of aryl methyl sites for hydroxylation is 1. The monoisotopic (exact) mass is 290 g/mol.